The summed E-state index contributed by atoms with van der Waals surface area (Å²) in [5.74, 6) is 2.26. The Hall–Kier alpha value is -1.03. The first kappa shape index (κ1) is 12.4. The van der Waals surface area contributed by atoms with Gasteiger partial charge in [-0.3, -0.25) is 4.90 Å². The number of hydrogen-bond donors (Lipinski definition) is 1. The molecule has 0 unspecified atom stereocenters. The Morgan fingerprint density at radius 3 is 2.82 bits per heavy atom. The molecule has 0 atom stereocenters. The molecule has 0 amide bonds. The molecule has 1 aliphatic carbocycles. The molecule has 96 valence electrons. The van der Waals surface area contributed by atoms with Crippen LogP contribution in [0.1, 0.15) is 44.3 Å². The van der Waals surface area contributed by atoms with E-state index in [0.29, 0.717) is 5.82 Å². The Bertz CT molecular complexity index is 331. The predicted molar refractivity (Wildman–Crippen MR) is 68.4 cm³/mol. The highest BCUT2D eigenvalue weighted by molar-refractivity contribution is 5.26. The zero-order chi connectivity index (χ0) is 12.1. The van der Waals surface area contributed by atoms with Gasteiger partial charge in [0.2, 0.25) is 0 Å². The third-order valence-electron chi connectivity index (χ3n) is 3.65. The van der Waals surface area contributed by atoms with Gasteiger partial charge in [-0.2, -0.15) is 0 Å². The topological polar surface area (TPSA) is 55.3 Å². The van der Waals surface area contributed by atoms with E-state index in [4.69, 9.17) is 10.3 Å². The van der Waals surface area contributed by atoms with Crippen LogP contribution in [0.15, 0.2) is 10.6 Å². The van der Waals surface area contributed by atoms with Gasteiger partial charge in [-0.05, 0) is 25.9 Å². The summed E-state index contributed by atoms with van der Waals surface area (Å²) in [5, 5.41) is 3.70. The van der Waals surface area contributed by atoms with Crippen LogP contribution in [-0.4, -0.2) is 23.6 Å². The predicted octanol–water partition coefficient (Wildman–Crippen LogP) is 2.66. The van der Waals surface area contributed by atoms with Gasteiger partial charge in [0.05, 0.1) is 6.54 Å². The zero-order valence-electron chi connectivity index (χ0n) is 10.7. The molecule has 4 heteroatoms. The number of nitrogens with two attached hydrogens (primary N) is 1. The molecule has 0 saturated heterocycles. The van der Waals surface area contributed by atoms with Crippen LogP contribution < -0.4 is 5.73 Å². The first-order valence-corrected chi connectivity index (χ1v) is 6.63. The number of hydrogen-bond acceptors (Lipinski definition) is 4. The van der Waals surface area contributed by atoms with Gasteiger partial charge in [-0.15, -0.1) is 0 Å². The molecule has 0 radical (unpaired) electrons. The van der Waals surface area contributed by atoms with E-state index in [1.54, 1.807) is 6.07 Å². The van der Waals surface area contributed by atoms with E-state index >= 15 is 0 Å². The normalized spacial score (nSPS) is 17.8. The molecule has 1 aromatic rings. The summed E-state index contributed by atoms with van der Waals surface area (Å²) in [6.07, 6.45) is 8.43. The van der Waals surface area contributed by atoms with Crippen molar-refractivity contribution in [3.8, 4) is 0 Å². The van der Waals surface area contributed by atoms with Gasteiger partial charge in [0, 0.05) is 6.07 Å². The first-order valence-electron chi connectivity index (χ1n) is 6.63. The minimum absolute atomic E-state index is 0.473. The lowest BCUT2D eigenvalue weighted by Crippen LogP contribution is -2.22. The standard InChI is InChI=1S/C13H23N3O/c1-16(10-12-9-13(14)15-17-12)8-7-11-5-3-2-4-6-11/h9,11H,2-8,10H2,1H3,(H2,14,15). The van der Waals surface area contributed by atoms with Gasteiger partial charge in [0.15, 0.2) is 11.6 Å². The second-order valence-electron chi connectivity index (χ2n) is 5.25. The van der Waals surface area contributed by atoms with E-state index in [9.17, 15) is 0 Å². The average Bonchev–Trinajstić information content (AvgIpc) is 2.73. The van der Waals surface area contributed by atoms with Gasteiger partial charge < -0.3 is 10.3 Å². The maximum atomic E-state index is 5.52. The van der Waals surface area contributed by atoms with Crippen LogP contribution in [0.2, 0.25) is 0 Å². The van der Waals surface area contributed by atoms with E-state index in [0.717, 1.165) is 24.8 Å². The van der Waals surface area contributed by atoms with Crippen molar-refractivity contribution in [1.29, 1.82) is 0 Å². The van der Waals surface area contributed by atoms with Crippen molar-refractivity contribution in [3.05, 3.63) is 11.8 Å². The smallest absolute Gasteiger partial charge is 0.167 e. The number of rotatable bonds is 5. The Balaban J connectivity index is 1.68. The van der Waals surface area contributed by atoms with E-state index in [1.807, 2.05) is 0 Å². The van der Waals surface area contributed by atoms with Crippen LogP contribution in [0.4, 0.5) is 5.82 Å². The quantitative estimate of drug-likeness (QED) is 0.855. The molecule has 1 aromatic heterocycles. The van der Waals surface area contributed by atoms with Crippen LogP contribution in [-0.2, 0) is 6.54 Å². The Kier molecular flexibility index (Phi) is 4.42. The van der Waals surface area contributed by atoms with Crippen LogP contribution in [0.3, 0.4) is 0 Å². The molecule has 0 aromatic carbocycles. The summed E-state index contributed by atoms with van der Waals surface area (Å²) in [6.45, 7) is 1.93. The van der Waals surface area contributed by atoms with Gasteiger partial charge in [0.25, 0.3) is 0 Å². The maximum Gasteiger partial charge on any atom is 0.167 e. The van der Waals surface area contributed by atoms with Crippen molar-refractivity contribution in [1.82, 2.24) is 10.1 Å². The molecular formula is C13H23N3O. The van der Waals surface area contributed by atoms with Crippen molar-refractivity contribution >= 4 is 5.82 Å². The monoisotopic (exact) mass is 237 g/mol. The first-order chi connectivity index (χ1) is 8.24. The highest BCUT2D eigenvalue weighted by Crippen LogP contribution is 2.26. The highest BCUT2D eigenvalue weighted by atomic mass is 16.5. The molecule has 17 heavy (non-hydrogen) atoms. The lowest BCUT2D eigenvalue weighted by atomic mass is 9.87. The van der Waals surface area contributed by atoms with E-state index in [-0.39, 0.29) is 0 Å². The van der Waals surface area contributed by atoms with Crippen molar-refractivity contribution in [3.63, 3.8) is 0 Å². The Labute approximate surface area is 103 Å². The molecule has 0 bridgehead atoms. The largest absolute Gasteiger partial charge is 0.381 e. The zero-order valence-corrected chi connectivity index (χ0v) is 10.7. The average molecular weight is 237 g/mol. The SMILES string of the molecule is CN(CCC1CCCCC1)Cc1cc(N)no1. The van der Waals surface area contributed by atoms with Gasteiger partial charge >= 0.3 is 0 Å². The minimum Gasteiger partial charge on any atom is -0.381 e. The van der Waals surface area contributed by atoms with Crippen LogP contribution in [0.5, 0.6) is 0 Å². The number of nitrogens with zero attached hydrogens (tertiary/aromatic N) is 2. The second kappa shape index (κ2) is 6.05. The van der Waals surface area contributed by atoms with Crippen molar-refractivity contribution in [2.45, 2.75) is 45.1 Å². The Morgan fingerprint density at radius 2 is 2.18 bits per heavy atom. The number of aromatic nitrogens is 1. The molecule has 0 aliphatic heterocycles. The molecule has 1 heterocycles. The number of anilines is 1. The maximum absolute atomic E-state index is 5.52. The van der Waals surface area contributed by atoms with Crippen LogP contribution in [0, 0.1) is 5.92 Å². The molecular weight excluding hydrogens is 214 g/mol. The van der Waals surface area contributed by atoms with Crippen molar-refractivity contribution < 1.29 is 4.52 Å². The van der Waals surface area contributed by atoms with Crippen molar-refractivity contribution in [2.75, 3.05) is 19.3 Å². The Morgan fingerprint density at radius 1 is 1.41 bits per heavy atom. The lowest BCUT2D eigenvalue weighted by molar-refractivity contribution is 0.237. The number of nitrogen functional groups attached to an aromatic ring is 1. The summed E-state index contributed by atoms with van der Waals surface area (Å²) in [5.41, 5.74) is 5.52. The van der Waals surface area contributed by atoms with E-state index in [1.165, 1.54) is 38.5 Å². The fourth-order valence-corrected chi connectivity index (χ4v) is 2.63. The van der Waals surface area contributed by atoms with E-state index in [2.05, 4.69) is 17.1 Å². The summed E-state index contributed by atoms with van der Waals surface area (Å²) >= 11 is 0. The summed E-state index contributed by atoms with van der Waals surface area (Å²) < 4.78 is 5.11. The molecule has 4 nitrogen and oxygen atoms in total. The third-order valence-corrected chi connectivity index (χ3v) is 3.65. The lowest BCUT2D eigenvalue weighted by Gasteiger charge is -2.24. The van der Waals surface area contributed by atoms with Gasteiger partial charge in [-0.1, -0.05) is 37.3 Å². The summed E-state index contributed by atoms with van der Waals surface area (Å²) in [7, 11) is 2.13. The molecule has 1 saturated carbocycles. The van der Waals surface area contributed by atoms with Crippen LogP contribution in [0.25, 0.3) is 0 Å². The van der Waals surface area contributed by atoms with Crippen molar-refractivity contribution in [2.24, 2.45) is 5.92 Å². The third kappa shape index (κ3) is 4.04. The molecule has 1 aliphatic rings. The molecule has 1 fully saturated rings. The summed E-state index contributed by atoms with van der Waals surface area (Å²) in [6, 6.07) is 1.80. The van der Waals surface area contributed by atoms with Gasteiger partial charge in [0.1, 0.15) is 0 Å². The van der Waals surface area contributed by atoms with E-state index < -0.39 is 0 Å². The second-order valence-corrected chi connectivity index (χ2v) is 5.25. The fourth-order valence-electron chi connectivity index (χ4n) is 2.63. The molecule has 2 N–H and O–H groups in total. The highest BCUT2D eigenvalue weighted by Gasteiger charge is 2.14. The minimum atomic E-state index is 0.473. The summed E-state index contributed by atoms with van der Waals surface area (Å²) in [4.78, 5) is 2.29. The van der Waals surface area contributed by atoms with Crippen LogP contribution >= 0.6 is 0 Å². The van der Waals surface area contributed by atoms with Gasteiger partial charge in [-0.25, -0.2) is 0 Å². The molecule has 2 rings (SSSR count). The molecule has 0 spiro atoms. The fraction of sp³-hybridized carbons (Fsp3) is 0.769.